The van der Waals surface area contributed by atoms with Crippen molar-refractivity contribution in [2.24, 2.45) is 21.1 Å². The van der Waals surface area contributed by atoms with Crippen LogP contribution < -0.4 is 10.1 Å². The predicted molar refractivity (Wildman–Crippen MR) is 197 cm³/mol. The van der Waals surface area contributed by atoms with E-state index in [0.29, 0.717) is 24.0 Å². The third kappa shape index (κ3) is 11.5. The van der Waals surface area contributed by atoms with Gasteiger partial charge in [-0.2, -0.15) is 10.2 Å². The van der Waals surface area contributed by atoms with Crippen molar-refractivity contribution in [2.75, 3.05) is 20.2 Å². The predicted octanol–water partition coefficient (Wildman–Crippen LogP) is 9.72. The van der Waals surface area contributed by atoms with Crippen LogP contribution >= 0.6 is 38.9 Å². The van der Waals surface area contributed by atoms with Crippen molar-refractivity contribution < 1.29 is 9.53 Å². The van der Waals surface area contributed by atoms with Crippen LogP contribution in [0.15, 0.2) is 86.4 Å². The Bertz CT molecular complexity index is 1680. The molecule has 0 aliphatic carbocycles. The van der Waals surface area contributed by atoms with Crippen molar-refractivity contribution in [3.05, 3.63) is 97.8 Å². The number of carbonyl (C=O) groups excluding carboxylic acids is 1. The molecule has 1 unspecified atom stereocenters. The van der Waals surface area contributed by atoms with Crippen molar-refractivity contribution >= 4 is 72.0 Å². The maximum absolute atomic E-state index is 10.7. The number of benzene rings is 3. The monoisotopic (exact) mass is 708 g/mol. The number of methoxy groups -OCH3 is 1. The average molecular weight is 710 g/mol. The minimum absolute atomic E-state index is 0.0313. The van der Waals surface area contributed by atoms with E-state index in [2.05, 4.69) is 70.4 Å². The number of hydrogen-bond acceptors (Lipinski definition) is 6. The zero-order valence-corrected chi connectivity index (χ0v) is 30.2. The molecule has 4 rings (SSSR count). The maximum Gasteiger partial charge on any atom is 0.216 e. The van der Waals surface area contributed by atoms with Gasteiger partial charge in [0.05, 0.1) is 25.1 Å². The number of nitrogens with zero attached hydrogens (tertiary/aromatic N) is 3. The van der Waals surface area contributed by atoms with E-state index in [9.17, 15) is 4.79 Å². The third-order valence-electron chi connectivity index (χ3n) is 7.27. The molecule has 0 saturated carbocycles. The van der Waals surface area contributed by atoms with E-state index in [4.69, 9.17) is 21.3 Å². The average Bonchev–Trinajstić information content (AvgIpc) is 3.43. The first kappa shape index (κ1) is 36.1. The number of nitrogens with one attached hydrogen (secondary N) is 1. The lowest BCUT2D eigenvalue weighted by atomic mass is 9.97. The van der Waals surface area contributed by atoms with Gasteiger partial charge in [0, 0.05) is 49.4 Å². The maximum atomic E-state index is 10.7. The van der Waals surface area contributed by atoms with E-state index in [1.54, 1.807) is 25.4 Å². The van der Waals surface area contributed by atoms with Gasteiger partial charge in [-0.3, -0.25) is 9.79 Å². The molecule has 0 fully saturated rings. The van der Waals surface area contributed by atoms with E-state index < -0.39 is 0 Å². The molecule has 1 aromatic heterocycles. The van der Waals surface area contributed by atoms with Gasteiger partial charge in [-0.05, 0) is 92.9 Å². The number of thiophene rings is 1. The summed E-state index contributed by atoms with van der Waals surface area (Å²) in [5.74, 6) is 1.26. The summed E-state index contributed by atoms with van der Waals surface area (Å²) in [6, 6.07) is 22.2. The van der Waals surface area contributed by atoms with Gasteiger partial charge in [-0.1, -0.05) is 65.6 Å². The molecule has 4 aromatic rings. The van der Waals surface area contributed by atoms with Gasteiger partial charge in [0.1, 0.15) is 5.75 Å². The SMILES string of the molecule is CC(=O)NCCc1cc2ccc(Br)cc2s1.CCC(C)/C(C)=N\N=C(/C)CN=C(c1ccc(Cl)cc1)c1cc(OC)ccc1C. The van der Waals surface area contributed by atoms with Gasteiger partial charge in [0.15, 0.2) is 0 Å². The summed E-state index contributed by atoms with van der Waals surface area (Å²) in [6.07, 6.45) is 1.95. The molecule has 0 spiro atoms. The third-order valence-corrected chi connectivity index (χ3v) is 9.17. The van der Waals surface area contributed by atoms with Crippen LogP contribution in [0.1, 0.15) is 62.6 Å². The van der Waals surface area contributed by atoms with Gasteiger partial charge in [-0.15, -0.1) is 11.3 Å². The summed E-state index contributed by atoms with van der Waals surface area (Å²) < 4.78 is 7.81. The van der Waals surface area contributed by atoms with Gasteiger partial charge in [0.2, 0.25) is 5.91 Å². The summed E-state index contributed by atoms with van der Waals surface area (Å²) >= 11 is 11.3. The lowest BCUT2D eigenvalue weighted by Crippen LogP contribution is -2.21. The highest BCUT2D eigenvalue weighted by molar-refractivity contribution is 9.10. The van der Waals surface area contributed by atoms with Crippen molar-refractivity contribution in [1.82, 2.24) is 5.32 Å². The van der Waals surface area contributed by atoms with Gasteiger partial charge >= 0.3 is 0 Å². The highest BCUT2D eigenvalue weighted by atomic mass is 79.9. The van der Waals surface area contributed by atoms with Crippen LogP contribution in [0, 0.1) is 12.8 Å². The molecule has 3 aromatic carbocycles. The minimum Gasteiger partial charge on any atom is -0.497 e. The smallest absolute Gasteiger partial charge is 0.216 e. The quantitative estimate of drug-likeness (QED) is 0.124. The molecule has 0 aliphatic heterocycles. The first-order chi connectivity index (χ1) is 21.5. The van der Waals surface area contributed by atoms with E-state index in [1.807, 2.05) is 62.4 Å². The van der Waals surface area contributed by atoms with Crippen LogP contribution in [-0.2, 0) is 11.2 Å². The number of amides is 1. The number of fused-ring (bicyclic) bond motifs is 1. The fourth-order valence-corrected chi connectivity index (χ4v) is 5.99. The summed E-state index contributed by atoms with van der Waals surface area (Å²) in [5, 5.41) is 13.5. The molecular weight excluding hydrogens is 668 g/mol. The van der Waals surface area contributed by atoms with E-state index in [0.717, 1.165) is 56.9 Å². The Balaban J connectivity index is 0.000000289. The number of halogens is 2. The molecule has 0 aliphatic rings. The second-order valence-electron chi connectivity index (χ2n) is 10.9. The van der Waals surface area contributed by atoms with Crippen LogP contribution in [0.4, 0.5) is 0 Å². The number of aryl methyl sites for hydroxylation is 1. The molecular formula is C36H42BrClN4O2S. The fourth-order valence-electron chi connectivity index (χ4n) is 4.25. The molecule has 1 N–H and O–H groups in total. The van der Waals surface area contributed by atoms with Crippen LogP contribution in [0.3, 0.4) is 0 Å². The molecule has 0 saturated heterocycles. The normalized spacial score (nSPS) is 12.9. The van der Waals surface area contributed by atoms with Gasteiger partial charge in [-0.25, -0.2) is 0 Å². The lowest BCUT2D eigenvalue weighted by Gasteiger charge is -2.12. The molecule has 6 nitrogen and oxygen atoms in total. The molecule has 1 atom stereocenters. The molecule has 0 bridgehead atoms. The molecule has 45 heavy (non-hydrogen) atoms. The molecule has 0 radical (unpaired) electrons. The number of carbonyl (C=O) groups is 1. The molecule has 9 heteroatoms. The zero-order valence-electron chi connectivity index (χ0n) is 27.1. The molecule has 1 heterocycles. The first-order valence-electron chi connectivity index (χ1n) is 15.0. The Morgan fingerprint density at radius 2 is 1.76 bits per heavy atom. The highest BCUT2D eigenvalue weighted by Gasteiger charge is 2.12. The summed E-state index contributed by atoms with van der Waals surface area (Å²) in [5.41, 5.74) is 5.93. The highest BCUT2D eigenvalue weighted by Crippen LogP contribution is 2.28. The van der Waals surface area contributed by atoms with E-state index in [1.165, 1.54) is 15.0 Å². The van der Waals surface area contributed by atoms with Crippen molar-refractivity contribution in [2.45, 2.75) is 54.4 Å². The second-order valence-corrected chi connectivity index (χ2v) is 13.4. The first-order valence-corrected chi connectivity index (χ1v) is 16.9. The minimum atomic E-state index is 0.0313. The van der Waals surface area contributed by atoms with Crippen molar-refractivity contribution in [3.8, 4) is 5.75 Å². The van der Waals surface area contributed by atoms with Crippen LogP contribution in [0.25, 0.3) is 10.1 Å². The topological polar surface area (TPSA) is 75.4 Å². The standard InChI is InChI=1S/C24H30ClN3O.C12H12BrNOS/c1-7-16(2)19(5)28-27-18(4)15-26-24(20-9-11-21(25)12-10-20)23-14-22(29-6)13-8-17(23)3;1-8(15)14-5-4-11-6-9-2-3-10(13)7-12(9)16-11/h8-14,16H,7,15H2,1-6H3;2-3,6-7H,4-5H2,1H3,(H,14,15)/b26-24?,27-18+,28-19-;. The largest absolute Gasteiger partial charge is 0.497 e. The van der Waals surface area contributed by atoms with Crippen LogP contribution in [0.5, 0.6) is 5.75 Å². The summed E-state index contributed by atoms with van der Waals surface area (Å²) in [4.78, 5) is 16.9. The van der Waals surface area contributed by atoms with E-state index >= 15 is 0 Å². The van der Waals surface area contributed by atoms with Crippen LogP contribution in [0.2, 0.25) is 5.02 Å². The Morgan fingerprint density at radius 3 is 2.42 bits per heavy atom. The Hall–Kier alpha value is -3.33. The fraction of sp³-hybridized carbons (Fsp3) is 0.333. The Morgan fingerprint density at radius 1 is 1.02 bits per heavy atom. The Labute approximate surface area is 284 Å². The number of aliphatic imine (C=N–C) groups is 1. The number of hydrogen-bond donors (Lipinski definition) is 1. The number of ether oxygens (including phenoxy) is 1. The van der Waals surface area contributed by atoms with Crippen molar-refractivity contribution in [1.29, 1.82) is 0 Å². The zero-order chi connectivity index (χ0) is 32.9. The summed E-state index contributed by atoms with van der Waals surface area (Å²) in [6.45, 7) is 13.1. The van der Waals surface area contributed by atoms with Gasteiger partial charge in [0.25, 0.3) is 0 Å². The lowest BCUT2D eigenvalue weighted by molar-refractivity contribution is -0.118. The molecule has 238 valence electrons. The molecule has 1 amide bonds. The number of rotatable bonds is 11. The van der Waals surface area contributed by atoms with Crippen LogP contribution in [-0.4, -0.2) is 43.2 Å². The second kappa shape index (κ2) is 18.0. The van der Waals surface area contributed by atoms with Gasteiger partial charge < -0.3 is 10.1 Å². The van der Waals surface area contributed by atoms with E-state index in [-0.39, 0.29) is 5.91 Å². The Kier molecular flexibility index (Phi) is 14.4. The summed E-state index contributed by atoms with van der Waals surface area (Å²) in [7, 11) is 1.67. The van der Waals surface area contributed by atoms with Crippen molar-refractivity contribution in [3.63, 3.8) is 0 Å².